The summed E-state index contributed by atoms with van der Waals surface area (Å²) in [6.07, 6.45) is 2.21. The summed E-state index contributed by atoms with van der Waals surface area (Å²) in [6.45, 7) is 5.73. The molecule has 0 aliphatic carbocycles. The Hall–Kier alpha value is -0.610. The van der Waals surface area contributed by atoms with Gasteiger partial charge in [0.05, 0.1) is 6.54 Å². The number of likely N-dealkylation sites (N-methyl/N-ethyl adjacent to an activating group) is 1. The van der Waals surface area contributed by atoms with Crippen molar-refractivity contribution in [1.82, 2.24) is 9.80 Å². The molecule has 1 heterocycles. The number of nitrogens with two attached hydrogens (primary N) is 1. The molecule has 1 aliphatic heterocycles. The Morgan fingerprint density at radius 3 is 2.79 bits per heavy atom. The minimum absolute atomic E-state index is 0.215. The van der Waals surface area contributed by atoms with Crippen molar-refractivity contribution < 1.29 is 4.79 Å². The van der Waals surface area contributed by atoms with Gasteiger partial charge < -0.3 is 10.6 Å². The second-order valence-corrected chi connectivity index (χ2v) is 4.11. The summed E-state index contributed by atoms with van der Waals surface area (Å²) in [5.74, 6) is -0.215. The molecule has 4 heteroatoms. The second kappa shape index (κ2) is 5.32. The molecule has 1 unspecified atom stereocenters. The molecule has 0 saturated carbocycles. The standard InChI is InChI=1S/C10H21N3O/c1-3-9-7-12(2)5-4-6-13(9)8-10(11)14/h9H,3-8H2,1-2H3,(H2,11,14). The predicted octanol–water partition coefficient (Wildman–Crippen LogP) is -0.112. The lowest BCUT2D eigenvalue weighted by molar-refractivity contribution is -0.119. The van der Waals surface area contributed by atoms with Crippen LogP contribution < -0.4 is 5.73 Å². The minimum Gasteiger partial charge on any atom is -0.369 e. The van der Waals surface area contributed by atoms with Crippen LogP contribution in [0, 0.1) is 0 Å². The molecular weight excluding hydrogens is 178 g/mol. The van der Waals surface area contributed by atoms with E-state index in [0.717, 1.165) is 32.5 Å². The van der Waals surface area contributed by atoms with Crippen molar-refractivity contribution in [3.8, 4) is 0 Å². The average Bonchev–Trinajstić information content (AvgIpc) is 2.27. The molecule has 2 N–H and O–H groups in total. The lowest BCUT2D eigenvalue weighted by Crippen LogP contribution is -2.44. The van der Waals surface area contributed by atoms with Crippen molar-refractivity contribution in [3.63, 3.8) is 0 Å². The summed E-state index contributed by atoms with van der Waals surface area (Å²) in [5.41, 5.74) is 5.23. The van der Waals surface area contributed by atoms with Gasteiger partial charge in [-0.25, -0.2) is 0 Å². The summed E-state index contributed by atoms with van der Waals surface area (Å²) in [4.78, 5) is 15.4. The Morgan fingerprint density at radius 2 is 2.21 bits per heavy atom. The molecule has 1 amide bonds. The lowest BCUT2D eigenvalue weighted by Gasteiger charge is -2.28. The SMILES string of the molecule is CCC1CN(C)CCCN1CC(N)=O. The average molecular weight is 199 g/mol. The highest BCUT2D eigenvalue weighted by atomic mass is 16.1. The van der Waals surface area contributed by atoms with Crippen molar-refractivity contribution in [3.05, 3.63) is 0 Å². The summed E-state index contributed by atoms with van der Waals surface area (Å²) in [6, 6.07) is 0.481. The van der Waals surface area contributed by atoms with Crippen molar-refractivity contribution in [2.75, 3.05) is 33.2 Å². The van der Waals surface area contributed by atoms with Gasteiger partial charge in [-0.3, -0.25) is 9.69 Å². The lowest BCUT2D eigenvalue weighted by atomic mass is 10.2. The van der Waals surface area contributed by atoms with Gasteiger partial charge in [0.15, 0.2) is 0 Å². The number of amides is 1. The third-order valence-corrected chi connectivity index (χ3v) is 2.85. The number of carbonyl (C=O) groups excluding carboxylic acids is 1. The maximum atomic E-state index is 10.9. The zero-order valence-corrected chi connectivity index (χ0v) is 9.20. The molecule has 0 aromatic rings. The topological polar surface area (TPSA) is 49.6 Å². The van der Waals surface area contributed by atoms with E-state index in [1.54, 1.807) is 0 Å². The molecule has 82 valence electrons. The second-order valence-electron chi connectivity index (χ2n) is 4.11. The van der Waals surface area contributed by atoms with Crippen LogP contribution >= 0.6 is 0 Å². The van der Waals surface area contributed by atoms with E-state index in [0.29, 0.717) is 12.6 Å². The Morgan fingerprint density at radius 1 is 1.50 bits per heavy atom. The summed E-state index contributed by atoms with van der Waals surface area (Å²) in [5, 5.41) is 0. The number of hydrogen-bond acceptors (Lipinski definition) is 3. The van der Waals surface area contributed by atoms with Crippen molar-refractivity contribution in [1.29, 1.82) is 0 Å². The fraction of sp³-hybridized carbons (Fsp3) is 0.900. The van der Waals surface area contributed by atoms with Gasteiger partial charge in [0.2, 0.25) is 5.91 Å². The van der Waals surface area contributed by atoms with E-state index in [2.05, 4.69) is 23.8 Å². The van der Waals surface area contributed by atoms with E-state index in [1.165, 1.54) is 0 Å². The van der Waals surface area contributed by atoms with Crippen LogP contribution in [0.15, 0.2) is 0 Å². The third-order valence-electron chi connectivity index (χ3n) is 2.85. The summed E-state index contributed by atoms with van der Waals surface area (Å²) < 4.78 is 0. The smallest absolute Gasteiger partial charge is 0.231 e. The van der Waals surface area contributed by atoms with Crippen LogP contribution in [0.2, 0.25) is 0 Å². The Labute approximate surface area is 86.0 Å². The van der Waals surface area contributed by atoms with Crippen LogP contribution in [-0.2, 0) is 4.79 Å². The minimum atomic E-state index is -0.215. The van der Waals surface area contributed by atoms with Gasteiger partial charge in [-0.2, -0.15) is 0 Å². The van der Waals surface area contributed by atoms with E-state index in [9.17, 15) is 4.79 Å². The van der Waals surface area contributed by atoms with E-state index >= 15 is 0 Å². The van der Waals surface area contributed by atoms with Crippen LogP contribution in [-0.4, -0.2) is 55.0 Å². The van der Waals surface area contributed by atoms with E-state index < -0.39 is 0 Å². The van der Waals surface area contributed by atoms with Crippen LogP contribution in [0.1, 0.15) is 19.8 Å². The van der Waals surface area contributed by atoms with Crippen molar-refractivity contribution >= 4 is 5.91 Å². The normalized spacial score (nSPS) is 26.0. The van der Waals surface area contributed by atoms with Crippen molar-refractivity contribution in [2.45, 2.75) is 25.8 Å². The highest BCUT2D eigenvalue weighted by molar-refractivity contribution is 5.75. The van der Waals surface area contributed by atoms with Crippen LogP contribution in [0.3, 0.4) is 0 Å². The maximum Gasteiger partial charge on any atom is 0.231 e. The van der Waals surface area contributed by atoms with Gasteiger partial charge >= 0.3 is 0 Å². The van der Waals surface area contributed by atoms with Gasteiger partial charge in [0, 0.05) is 19.1 Å². The maximum absolute atomic E-state index is 10.9. The van der Waals surface area contributed by atoms with Gasteiger partial charge in [0.1, 0.15) is 0 Å². The van der Waals surface area contributed by atoms with Crippen LogP contribution in [0.5, 0.6) is 0 Å². The van der Waals surface area contributed by atoms with Crippen molar-refractivity contribution in [2.24, 2.45) is 5.73 Å². The summed E-state index contributed by atoms with van der Waals surface area (Å²) in [7, 11) is 2.14. The number of hydrogen-bond donors (Lipinski definition) is 1. The molecule has 1 rings (SSSR count). The van der Waals surface area contributed by atoms with E-state index in [4.69, 9.17) is 5.73 Å². The first-order valence-corrected chi connectivity index (χ1v) is 5.34. The fourth-order valence-electron chi connectivity index (χ4n) is 2.09. The first-order valence-electron chi connectivity index (χ1n) is 5.34. The zero-order valence-electron chi connectivity index (χ0n) is 9.20. The molecule has 1 fully saturated rings. The van der Waals surface area contributed by atoms with E-state index in [-0.39, 0.29) is 5.91 Å². The molecule has 1 aliphatic rings. The zero-order chi connectivity index (χ0) is 10.6. The molecule has 14 heavy (non-hydrogen) atoms. The van der Waals surface area contributed by atoms with Crippen LogP contribution in [0.4, 0.5) is 0 Å². The first kappa shape index (κ1) is 11.5. The molecule has 0 spiro atoms. The molecule has 1 atom stereocenters. The molecule has 0 aromatic heterocycles. The van der Waals surface area contributed by atoms with Gasteiger partial charge in [-0.05, 0) is 26.4 Å². The highest BCUT2D eigenvalue weighted by Gasteiger charge is 2.22. The first-order chi connectivity index (χ1) is 6.63. The van der Waals surface area contributed by atoms with Gasteiger partial charge in [-0.15, -0.1) is 0 Å². The highest BCUT2D eigenvalue weighted by Crippen LogP contribution is 2.10. The molecule has 0 radical (unpaired) electrons. The number of nitrogens with zero attached hydrogens (tertiary/aromatic N) is 2. The molecule has 0 bridgehead atoms. The summed E-state index contributed by atoms with van der Waals surface area (Å²) >= 11 is 0. The Kier molecular flexibility index (Phi) is 4.35. The molecular formula is C10H21N3O. The Bertz CT molecular complexity index is 196. The van der Waals surface area contributed by atoms with Crippen LogP contribution in [0.25, 0.3) is 0 Å². The third kappa shape index (κ3) is 3.27. The van der Waals surface area contributed by atoms with Gasteiger partial charge in [-0.1, -0.05) is 6.92 Å². The monoisotopic (exact) mass is 199 g/mol. The van der Waals surface area contributed by atoms with Gasteiger partial charge in [0.25, 0.3) is 0 Å². The molecule has 0 aromatic carbocycles. The number of carbonyl (C=O) groups is 1. The molecule has 1 saturated heterocycles. The molecule has 4 nitrogen and oxygen atoms in total. The quantitative estimate of drug-likeness (QED) is 0.690. The Balaban J connectivity index is 2.56. The number of rotatable bonds is 3. The predicted molar refractivity (Wildman–Crippen MR) is 57.0 cm³/mol. The fourth-order valence-corrected chi connectivity index (χ4v) is 2.09. The number of primary amides is 1. The van der Waals surface area contributed by atoms with E-state index in [1.807, 2.05) is 0 Å². The largest absolute Gasteiger partial charge is 0.369 e.